The van der Waals surface area contributed by atoms with Gasteiger partial charge in [-0.2, -0.15) is 0 Å². The lowest BCUT2D eigenvalue weighted by Crippen LogP contribution is -2.17. The molecule has 0 spiro atoms. The Balaban J connectivity index is 1.58. The van der Waals surface area contributed by atoms with Crippen LogP contribution in [0.5, 0.6) is 0 Å². The summed E-state index contributed by atoms with van der Waals surface area (Å²) in [5.41, 5.74) is 10.1. The number of carboxylic acid groups (broad SMARTS) is 2. The van der Waals surface area contributed by atoms with Gasteiger partial charge in [0, 0.05) is 36.7 Å². The van der Waals surface area contributed by atoms with Crippen molar-refractivity contribution in [3.05, 3.63) is 100 Å². The standard InChI is InChI=1S/C29H23NO4S2/c1-16-2-4-17(5-3-16)24-10-12-26(35-24)20-14-23(29(33)34)21(15-22(20)28(31)32)27-13-11-25(36-27)18-6-8-19(30)9-7-18/h2-8,10-15,19H,9,30H2,1H3,(H,31,32)(H,33,34). The molecule has 2 aromatic heterocycles. The van der Waals surface area contributed by atoms with E-state index in [1.165, 1.54) is 34.8 Å². The highest BCUT2D eigenvalue weighted by molar-refractivity contribution is 7.19. The summed E-state index contributed by atoms with van der Waals surface area (Å²) in [6.45, 7) is 2.02. The average Bonchev–Trinajstić information content (AvgIpc) is 3.55. The number of benzene rings is 2. The molecular weight excluding hydrogens is 490 g/mol. The molecule has 0 bridgehead atoms. The SMILES string of the molecule is Cc1ccc(-c2ccc(-c3cc(C(=O)O)c(-c4ccc(C5=CCC(N)C=C5)s4)cc3C(=O)O)s2)cc1. The number of hydrogen-bond acceptors (Lipinski definition) is 5. The van der Waals surface area contributed by atoms with Crippen LogP contribution in [0.25, 0.3) is 36.9 Å². The highest BCUT2D eigenvalue weighted by Gasteiger charge is 2.23. The summed E-state index contributed by atoms with van der Waals surface area (Å²) in [6.07, 6.45) is 6.71. The summed E-state index contributed by atoms with van der Waals surface area (Å²) in [7, 11) is 0. The Morgan fingerprint density at radius 3 is 1.86 bits per heavy atom. The van der Waals surface area contributed by atoms with E-state index in [4.69, 9.17) is 5.73 Å². The van der Waals surface area contributed by atoms with E-state index in [9.17, 15) is 19.8 Å². The van der Waals surface area contributed by atoms with Gasteiger partial charge in [-0.3, -0.25) is 0 Å². The summed E-state index contributed by atoms with van der Waals surface area (Å²) in [5, 5.41) is 20.1. The Bertz CT molecular complexity index is 1540. The van der Waals surface area contributed by atoms with Crippen molar-refractivity contribution in [2.75, 3.05) is 0 Å². The maximum atomic E-state index is 12.3. The highest BCUT2D eigenvalue weighted by Crippen LogP contribution is 2.41. The Labute approximate surface area is 216 Å². The van der Waals surface area contributed by atoms with Crippen molar-refractivity contribution in [2.24, 2.45) is 5.73 Å². The minimum Gasteiger partial charge on any atom is -0.478 e. The molecule has 36 heavy (non-hydrogen) atoms. The van der Waals surface area contributed by atoms with Crippen LogP contribution in [-0.4, -0.2) is 28.2 Å². The summed E-state index contributed by atoms with van der Waals surface area (Å²) in [4.78, 5) is 27.9. The van der Waals surface area contributed by atoms with Gasteiger partial charge < -0.3 is 15.9 Å². The van der Waals surface area contributed by atoms with Gasteiger partial charge in [-0.25, -0.2) is 9.59 Å². The maximum absolute atomic E-state index is 12.3. The first-order chi connectivity index (χ1) is 17.3. The van der Waals surface area contributed by atoms with Crippen molar-refractivity contribution in [2.45, 2.75) is 19.4 Å². The van der Waals surface area contributed by atoms with Gasteiger partial charge in [-0.1, -0.05) is 48.1 Å². The second-order valence-electron chi connectivity index (χ2n) is 8.67. The van der Waals surface area contributed by atoms with Gasteiger partial charge in [0.15, 0.2) is 0 Å². The van der Waals surface area contributed by atoms with Crippen LogP contribution in [0.15, 0.2) is 78.9 Å². The number of aryl methyl sites for hydroxylation is 1. The molecule has 1 aliphatic carbocycles. The van der Waals surface area contributed by atoms with E-state index in [-0.39, 0.29) is 17.2 Å². The summed E-state index contributed by atoms with van der Waals surface area (Å²) < 4.78 is 0. The van der Waals surface area contributed by atoms with E-state index in [1.54, 1.807) is 0 Å². The van der Waals surface area contributed by atoms with Crippen LogP contribution in [0, 0.1) is 6.92 Å². The van der Waals surface area contributed by atoms with E-state index in [0.717, 1.165) is 32.9 Å². The van der Waals surface area contributed by atoms with Crippen LogP contribution in [0.4, 0.5) is 0 Å². The molecule has 1 unspecified atom stereocenters. The molecule has 4 aromatic rings. The number of nitrogens with two attached hydrogens (primary N) is 1. The van der Waals surface area contributed by atoms with Gasteiger partial charge in [0.1, 0.15) is 0 Å². The van der Waals surface area contributed by atoms with Crippen LogP contribution in [0.2, 0.25) is 0 Å². The number of rotatable bonds is 6. The van der Waals surface area contributed by atoms with Gasteiger partial charge in [0.2, 0.25) is 0 Å². The van der Waals surface area contributed by atoms with E-state index < -0.39 is 11.9 Å². The third-order valence-corrected chi connectivity index (χ3v) is 8.45. The molecule has 0 amide bonds. The molecule has 5 rings (SSSR count). The van der Waals surface area contributed by atoms with Crippen molar-refractivity contribution < 1.29 is 19.8 Å². The first-order valence-electron chi connectivity index (χ1n) is 11.4. The Hall–Kier alpha value is -3.78. The lowest BCUT2D eigenvalue weighted by molar-refractivity contribution is 0.0682. The minimum absolute atomic E-state index is 0.00115. The molecule has 5 nitrogen and oxygen atoms in total. The fourth-order valence-corrected chi connectivity index (χ4v) is 6.27. The number of thiophene rings is 2. The van der Waals surface area contributed by atoms with Crippen molar-refractivity contribution in [1.29, 1.82) is 0 Å². The number of carbonyl (C=O) groups is 2. The normalized spacial score (nSPS) is 15.1. The third kappa shape index (κ3) is 4.68. The second kappa shape index (κ2) is 9.70. The molecule has 4 N–H and O–H groups in total. The van der Waals surface area contributed by atoms with Crippen LogP contribution >= 0.6 is 22.7 Å². The summed E-state index contributed by atoms with van der Waals surface area (Å²) in [6, 6.07) is 18.6. The Morgan fingerprint density at radius 1 is 0.806 bits per heavy atom. The first-order valence-corrected chi connectivity index (χ1v) is 13.0. The lowest BCUT2D eigenvalue weighted by Gasteiger charge is -2.12. The monoisotopic (exact) mass is 513 g/mol. The lowest BCUT2D eigenvalue weighted by atomic mass is 9.96. The summed E-state index contributed by atoms with van der Waals surface area (Å²) >= 11 is 2.88. The maximum Gasteiger partial charge on any atom is 0.336 e. The van der Waals surface area contributed by atoms with Crippen molar-refractivity contribution >= 4 is 40.2 Å². The zero-order chi connectivity index (χ0) is 25.4. The molecule has 0 saturated carbocycles. The first kappa shape index (κ1) is 23.9. The van der Waals surface area contributed by atoms with E-state index in [1.807, 2.05) is 67.6 Å². The molecule has 7 heteroatoms. The van der Waals surface area contributed by atoms with E-state index >= 15 is 0 Å². The zero-order valence-corrected chi connectivity index (χ0v) is 21.0. The van der Waals surface area contributed by atoms with Gasteiger partial charge in [0.25, 0.3) is 0 Å². The molecule has 0 fully saturated rings. The Morgan fingerprint density at radius 2 is 1.33 bits per heavy atom. The van der Waals surface area contributed by atoms with E-state index in [2.05, 4.69) is 6.08 Å². The van der Waals surface area contributed by atoms with Crippen LogP contribution in [0.1, 0.15) is 37.6 Å². The molecule has 0 aliphatic heterocycles. The number of allylic oxidation sites excluding steroid dienone is 2. The van der Waals surface area contributed by atoms with Gasteiger partial charge in [-0.15, -0.1) is 22.7 Å². The fourth-order valence-electron chi connectivity index (χ4n) is 4.17. The predicted octanol–water partition coefficient (Wildman–Crippen LogP) is 7.19. The molecule has 1 aliphatic rings. The van der Waals surface area contributed by atoms with Crippen LogP contribution in [0.3, 0.4) is 0 Å². The Kier molecular flexibility index (Phi) is 6.45. The largest absolute Gasteiger partial charge is 0.478 e. The quantitative estimate of drug-likeness (QED) is 0.253. The molecule has 2 heterocycles. The highest BCUT2D eigenvalue weighted by atomic mass is 32.1. The number of hydrogen-bond donors (Lipinski definition) is 3. The van der Waals surface area contributed by atoms with Crippen molar-refractivity contribution in [3.63, 3.8) is 0 Å². The molecule has 2 aromatic carbocycles. The second-order valence-corrected chi connectivity index (χ2v) is 10.8. The fraction of sp³-hybridized carbons (Fsp3) is 0.103. The van der Waals surface area contributed by atoms with Gasteiger partial charge in [0.05, 0.1) is 11.1 Å². The molecule has 1 atom stereocenters. The number of carboxylic acids is 2. The molecule has 0 saturated heterocycles. The van der Waals surface area contributed by atoms with Crippen molar-refractivity contribution in [1.82, 2.24) is 0 Å². The van der Waals surface area contributed by atoms with Gasteiger partial charge >= 0.3 is 11.9 Å². The molecule has 180 valence electrons. The van der Waals surface area contributed by atoms with Crippen LogP contribution < -0.4 is 5.73 Å². The minimum atomic E-state index is -1.10. The smallest absolute Gasteiger partial charge is 0.336 e. The predicted molar refractivity (Wildman–Crippen MR) is 147 cm³/mol. The van der Waals surface area contributed by atoms with Crippen molar-refractivity contribution in [3.8, 4) is 31.3 Å². The number of aromatic carboxylic acids is 2. The van der Waals surface area contributed by atoms with Crippen LogP contribution in [-0.2, 0) is 0 Å². The van der Waals surface area contributed by atoms with E-state index in [0.29, 0.717) is 20.9 Å². The molecular formula is C29H23NO4S2. The average molecular weight is 514 g/mol. The topological polar surface area (TPSA) is 101 Å². The molecule has 0 radical (unpaired) electrons. The third-order valence-electron chi connectivity index (χ3n) is 6.11. The van der Waals surface area contributed by atoms with Gasteiger partial charge in [-0.05, 0) is 60.9 Å². The summed E-state index contributed by atoms with van der Waals surface area (Å²) in [5.74, 6) is -2.20. The zero-order valence-electron chi connectivity index (χ0n) is 19.4.